The Bertz CT molecular complexity index is 648. The Morgan fingerprint density at radius 3 is 2.76 bits per heavy atom. The number of rotatable bonds is 3. The van der Waals surface area contributed by atoms with E-state index in [1.165, 1.54) is 53.6 Å². The lowest BCUT2D eigenvalue weighted by Crippen LogP contribution is -2.34. The molecule has 4 rings (SSSR count). The van der Waals surface area contributed by atoms with Crippen LogP contribution in [-0.4, -0.2) is 12.6 Å². The molecule has 0 saturated carbocycles. The highest BCUT2D eigenvalue weighted by Crippen LogP contribution is 2.27. The third kappa shape index (κ3) is 2.56. The Hall–Kier alpha value is -1.80. The fourth-order valence-electron chi connectivity index (χ4n) is 3.68. The van der Waals surface area contributed by atoms with Crippen LogP contribution in [0.3, 0.4) is 0 Å². The van der Waals surface area contributed by atoms with Gasteiger partial charge in [0.25, 0.3) is 0 Å². The number of anilines is 1. The van der Waals surface area contributed by atoms with Crippen molar-refractivity contribution in [1.82, 2.24) is 5.32 Å². The molecular weight excluding hydrogens is 256 g/mol. The number of benzene rings is 2. The molecule has 0 radical (unpaired) electrons. The van der Waals surface area contributed by atoms with Gasteiger partial charge in [0.05, 0.1) is 0 Å². The van der Waals surface area contributed by atoms with Crippen molar-refractivity contribution in [3.63, 3.8) is 0 Å². The number of para-hydroxylation sites is 1. The Kier molecular flexibility index (Phi) is 3.40. The normalized spacial score (nSPS) is 19.7. The van der Waals surface area contributed by atoms with E-state index in [0.717, 1.165) is 13.1 Å². The van der Waals surface area contributed by atoms with Gasteiger partial charge in [0, 0.05) is 24.8 Å². The zero-order valence-corrected chi connectivity index (χ0v) is 12.4. The highest BCUT2D eigenvalue weighted by atomic mass is 14.9. The predicted octanol–water partition coefficient (Wildman–Crippen LogP) is 3.30. The van der Waals surface area contributed by atoms with Crippen LogP contribution in [0.25, 0.3) is 0 Å². The van der Waals surface area contributed by atoms with E-state index in [0.29, 0.717) is 6.04 Å². The monoisotopic (exact) mass is 278 g/mol. The van der Waals surface area contributed by atoms with E-state index in [-0.39, 0.29) is 0 Å². The third-order valence-corrected chi connectivity index (χ3v) is 4.86. The summed E-state index contributed by atoms with van der Waals surface area (Å²) in [5.41, 5.74) is 7.34. The molecule has 1 aliphatic carbocycles. The van der Waals surface area contributed by atoms with Gasteiger partial charge in [-0.3, -0.25) is 0 Å². The van der Waals surface area contributed by atoms with E-state index < -0.39 is 0 Å². The van der Waals surface area contributed by atoms with E-state index in [9.17, 15) is 0 Å². The summed E-state index contributed by atoms with van der Waals surface area (Å²) in [6.45, 7) is 2.06. The molecular formula is C19H22N2. The van der Waals surface area contributed by atoms with Crippen molar-refractivity contribution in [3.8, 4) is 0 Å². The molecule has 0 spiro atoms. The summed E-state index contributed by atoms with van der Waals surface area (Å²) >= 11 is 0. The first kappa shape index (κ1) is 12.9. The van der Waals surface area contributed by atoms with Crippen LogP contribution in [0.4, 0.5) is 5.69 Å². The first-order valence-corrected chi connectivity index (χ1v) is 8.05. The molecule has 2 aromatic carbocycles. The molecule has 1 atom stereocenters. The van der Waals surface area contributed by atoms with Gasteiger partial charge in [-0.25, -0.2) is 0 Å². The summed E-state index contributed by atoms with van der Waals surface area (Å²) in [5.74, 6) is 0. The molecule has 2 aromatic rings. The Morgan fingerprint density at radius 2 is 1.81 bits per heavy atom. The number of nitrogens with one attached hydrogen (secondary N) is 2. The first-order valence-electron chi connectivity index (χ1n) is 8.05. The van der Waals surface area contributed by atoms with Crippen LogP contribution in [0.1, 0.15) is 28.7 Å². The van der Waals surface area contributed by atoms with Crippen LogP contribution >= 0.6 is 0 Å². The molecule has 2 N–H and O–H groups in total. The second-order valence-corrected chi connectivity index (χ2v) is 6.22. The van der Waals surface area contributed by atoms with Crippen molar-refractivity contribution in [3.05, 3.63) is 64.7 Å². The Labute approximate surface area is 126 Å². The number of aryl methyl sites for hydroxylation is 1. The van der Waals surface area contributed by atoms with Crippen LogP contribution in [0.5, 0.6) is 0 Å². The predicted molar refractivity (Wildman–Crippen MR) is 87.7 cm³/mol. The summed E-state index contributed by atoms with van der Waals surface area (Å²) in [6.07, 6.45) is 4.79. The fraction of sp³-hybridized carbons (Fsp3) is 0.368. The lowest BCUT2D eigenvalue weighted by atomic mass is 9.88. The highest BCUT2D eigenvalue weighted by Gasteiger charge is 2.19. The van der Waals surface area contributed by atoms with Gasteiger partial charge < -0.3 is 10.6 Å². The van der Waals surface area contributed by atoms with Gasteiger partial charge in [-0.05, 0) is 47.9 Å². The van der Waals surface area contributed by atoms with Gasteiger partial charge in [0.2, 0.25) is 0 Å². The van der Waals surface area contributed by atoms with Crippen molar-refractivity contribution < 1.29 is 0 Å². The van der Waals surface area contributed by atoms with E-state index >= 15 is 0 Å². The van der Waals surface area contributed by atoms with E-state index in [1.807, 2.05) is 0 Å². The maximum absolute atomic E-state index is 3.77. The fourth-order valence-corrected chi connectivity index (χ4v) is 3.68. The highest BCUT2D eigenvalue weighted by molar-refractivity contribution is 5.61. The molecule has 2 nitrogen and oxygen atoms in total. The van der Waals surface area contributed by atoms with Gasteiger partial charge in [0.1, 0.15) is 0 Å². The average Bonchev–Trinajstić information content (AvgIpc) is 3.02. The van der Waals surface area contributed by atoms with Crippen LogP contribution in [0, 0.1) is 0 Å². The lowest BCUT2D eigenvalue weighted by Gasteiger charge is -2.26. The summed E-state index contributed by atoms with van der Waals surface area (Å²) in [7, 11) is 0. The molecule has 1 unspecified atom stereocenters. The quantitative estimate of drug-likeness (QED) is 0.900. The van der Waals surface area contributed by atoms with Gasteiger partial charge in [0.15, 0.2) is 0 Å². The molecule has 0 saturated heterocycles. The smallest absolute Gasteiger partial charge is 0.0419 e. The maximum Gasteiger partial charge on any atom is 0.0419 e. The molecule has 0 fully saturated rings. The molecule has 21 heavy (non-hydrogen) atoms. The molecule has 1 aliphatic heterocycles. The van der Waals surface area contributed by atoms with Gasteiger partial charge in [-0.15, -0.1) is 0 Å². The SMILES string of the molecule is c1ccc2c(c1)CCC(NCc1cccc3c1NCC3)C2. The standard InChI is InChI=1S/C19H22N2/c1-2-5-16-12-18(9-8-14(16)4-1)21-13-17-7-3-6-15-10-11-20-19(15)17/h1-7,18,20-21H,8-13H2. The summed E-state index contributed by atoms with van der Waals surface area (Å²) in [5, 5.41) is 7.30. The average molecular weight is 278 g/mol. The summed E-state index contributed by atoms with van der Waals surface area (Å²) in [6, 6.07) is 16.2. The number of hydrogen-bond donors (Lipinski definition) is 2. The van der Waals surface area contributed by atoms with E-state index in [4.69, 9.17) is 0 Å². The second kappa shape index (κ2) is 5.53. The molecule has 108 valence electrons. The largest absolute Gasteiger partial charge is 0.384 e. The second-order valence-electron chi connectivity index (χ2n) is 6.22. The summed E-state index contributed by atoms with van der Waals surface area (Å²) in [4.78, 5) is 0. The van der Waals surface area contributed by atoms with Crippen molar-refractivity contribution in [2.75, 3.05) is 11.9 Å². The molecule has 0 amide bonds. The Morgan fingerprint density at radius 1 is 0.952 bits per heavy atom. The van der Waals surface area contributed by atoms with E-state index in [1.54, 1.807) is 0 Å². The topological polar surface area (TPSA) is 24.1 Å². The minimum absolute atomic E-state index is 0.608. The van der Waals surface area contributed by atoms with Gasteiger partial charge >= 0.3 is 0 Å². The van der Waals surface area contributed by atoms with Crippen LogP contribution < -0.4 is 10.6 Å². The van der Waals surface area contributed by atoms with Gasteiger partial charge in [-0.2, -0.15) is 0 Å². The van der Waals surface area contributed by atoms with Crippen molar-refractivity contribution in [2.45, 2.75) is 38.3 Å². The van der Waals surface area contributed by atoms with Crippen LogP contribution in [0.2, 0.25) is 0 Å². The van der Waals surface area contributed by atoms with Crippen molar-refractivity contribution in [1.29, 1.82) is 0 Å². The zero-order valence-electron chi connectivity index (χ0n) is 12.4. The Balaban J connectivity index is 1.43. The minimum atomic E-state index is 0.608. The molecule has 0 bridgehead atoms. The van der Waals surface area contributed by atoms with E-state index in [2.05, 4.69) is 53.1 Å². The third-order valence-electron chi connectivity index (χ3n) is 4.86. The van der Waals surface area contributed by atoms with Crippen molar-refractivity contribution >= 4 is 5.69 Å². The number of fused-ring (bicyclic) bond motifs is 2. The number of hydrogen-bond acceptors (Lipinski definition) is 2. The van der Waals surface area contributed by atoms with Crippen molar-refractivity contribution in [2.24, 2.45) is 0 Å². The maximum atomic E-state index is 3.77. The van der Waals surface area contributed by atoms with Crippen LogP contribution in [0.15, 0.2) is 42.5 Å². The molecule has 2 aliphatic rings. The minimum Gasteiger partial charge on any atom is -0.384 e. The lowest BCUT2D eigenvalue weighted by molar-refractivity contribution is 0.458. The molecule has 2 heteroatoms. The molecule has 1 heterocycles. The van der Waals surface area contributed by atoms with Gasteiger partial charge in [-0.1, -0.05) is 42.5 Å². The summed E-state index contributed by atoms with van der Waals surface area (Å²) < 4.78 is 0. The first-order chi connectivity index (χ1) is 10.4. The van der Waals surface area contributed by atoms with Crippen LogP contribution in [-0.2, 0) is 25.8 Å². The zero-order chi connectivity index (χ0) is 14.1. The molecule has 0 aromatic heterocycles.